The van der Waals surface area contributed by atoms with Gasteiger partial charge in [-0.25, -0.2) is 0 Å². The monoisotopic (exact) mass is 283 g/mol. The molecule has 0 aliphatic carbocycles. The van der Waals surface area contributed by atoms with Crippen molar-refractivity contribution in [1.29, 1.82) is 0 Å². The van der Waals surface area contributed by atoms with Gasteiger partial charge in [-0.3, -0.25) is 4.98 Å². The topological polar surface area (TPSA) is 33.6 Å². The molecule has 0 aliphatic heterocycles. The summed E-state index contributed by atoms with van der Waals surface area (Å²) in [4.78, 5) is 7.78. The molecule has 0 atom stereocenters. The van der Waals surface area contributed by atoms with Crippen LogP contribution in [0.5, 0.6) is 0 Å². The molecule has 0 saturated carbocycles. The number of rotatable bonds is 3. The van der Waals surface area contributed by atoms with Crippen LogP contribution in [0.3, 0.4) is 0 Å². The highest BCUT2D eigenvalue weighted by molar-refractivity contribution is 7.71. The van der Waals surface area contributed by atoms with Gasteiger partial charge < -0.3 is 9.55 Å². The van der Waals surface area contributed by atoms with Crippen molar-refractivity contribution in [2.75, 3.05) is 0 Å². The molecule has 0 unspecified atom stereocenters. The molecule has 0 spiro atoms. The summed E-state index contributed by atoms with van der Waals surface area (Å²) >= 11 is 5.45. The minimum atomic E-state index is 0.715. The number of hydrogen-bond acceptors (Lipinski definition) is 2. The quantitative estimate of drug-likeness (QED) is 0.737. The maximum Gasteiger partial charge on any atom is 0.178 e. The molecule has 0 fully saturated rings. The molecule has 3 rings (SSSR count). The Bertz CT molecular complexity index is 814. The number of benzene rings is 1. The minimum Gasteiger partial charge on any atom is -0.331 e. The van der Waals surface area contributed by atoms with E-state index >= 15 is 0 Å². The molecule has 20 heavy (non-hydrogen) atoms. The van der Waals surface area contributed by atoms with E-state index in [4.69, 9.17) is 12.2 Å². The summed E-state index contributed by atoms with van der Waals surface area (Å²) in [5.74, 6) is 0. The zero-order chi connectivity index (χ0) is 14.1. The Balaban J connectivity index is 2.13. The zero-order valence-electron chi connectivity index (χ0n) is 11.7. The number of H-pyrrole nitrogens is 1. The van der Waals surface area contributed by atoms with E-state index in [1.165, 1.54) is 11.1 Å². The number of nitrogens with one attached hydrogen (secondary N) is 1. The van der Waals surface area contributed by atoms with Gasteiger partial charge in [0.15, 0.2) is 4.77 Å². The molecule has 102 valence electrons. The molecule has 4 heteroatoms. The van der Waals surface area contributed by atoms with Crippen molar-refractivity contribution in [1.82, 2.24) is 14.5 Å². The molecule has 2 aromatic heterocycles. The van der Waals surface area contributed by atoms with E-state index in [0.29, 0.717) is 6.54 Å². The van der Waals surface area contributed by atoms with Crippen molar-refractivity contribution in [2.45, 2.75) is 26.8 Å². The van der Waals surface area contributed by atoms with E-state index in [1.807, 2.05) is 12.3 Å². The molecule has 3 aromatic rings. The van der Waals surface area contributed by atoms with Gasteiger partial charge in [-0.2, -0.15) is 0 Å². The second kappa shape index (κ2) is 5.21. The average molecular weight is 283 g/mol. The Kier molecular flexibility index (Phi) is 3.40. The van der Waals surface area contributed by atoms with Crippen molar-refractivity contribution in [3.05, 3.63) is 58.1 Å². The lowest BCUT2D eigenvalue weighted by molar-refractivity contribution is 0.771. The number of aromatic amines is 1. The van der Waals surface area contributed by atoms with Crippen molar-refractivity contribution < 1.29 is 0 Å². The van der Waals surface area contributed by atoms with Gasteiger partial charge in [0.05, 0.1) is 23.3 Å². The van der Waals surface area contributed by atoms with Crippen LogP contribution in [0, 0.1) is 11.7 Å². The van der Waals surface area contributed by atoms with Gasteiger partial charge in [-0.15, -0.1) is 0 Å². The van der Waals surface area contributed by atoms with Gasteiger partial charge in [0.2, 0.25) is 0 Å². The molecule has 1 N–H and O–H groups in total. The molecule has 0 saturated heterocycles. The Morgan fingerprint density at radius 2 is 2.15 bits per heavy atom. The van der Waals surface area contributed by atoms with Crippen LogP contribution < -0.4 is 0 Å². The highest BCUT2D eigenvalue weighted by Gasteiger charge is 2.08. The van der Waals surface area contributed by atoms with E-state index in [-0.39, 0.29) is 0 Å². The maximum absolute atomic E-state index is 5.45. The molecule has 3 nitrogen and oxygen atoms in total. The summed E-state index contributed by atoms with van der Waals surface area (Å²) < 4.78 is 2.87. The van der Waals surface area contributed by atoms with E-state index in [9.17, 15) is 0 Å². The van der Waals surface area contributed by atoms with Crippen LogP contribution in [0.15, 0.2) is 36.5 Å². The summed E-state index contributed by atoms with van der Waals surface area (Å²) in [5.41, 5.74) is 5.82. The number of nitrogens with zero attached hydrogens (tertiary/aromatic N) is 2. The van der Waals surface area contributed by atoms with Gasteiger partial charge in [0.25, 0.3) is 0 Å². The van der Waals surface area contributed by atoms with Gasteiger partial charge in [0, 0.05) is 6.20 Å². The number of aromatic nitrogens is 3. The summed E-state index contributed by atoms with van der Waals surface area (Å²) in [6.07, 6.45) is 2.83. The number of fused-ring (bicyclic) bond motifs is 1. The van der Waals surface area contributed by atoms with Crippen molar-refractivity contribution in [2.24, 2.45) is 0 Å². The van der Waals surface area contributed by atoms with Crippen LogP contribution in [0.25, 0.3) is 11.0 Å². The molecule has 2 heterocycles. The fourth-order valence-corrected chi connectivity index (χ4v) is 2.78. The van der Waals surface area contributed by atoms with Crippen LogP contribution in [0.4, 0.5) is 0 Å². The van der Waals surface area contributed by atoms with Gasteiger partial charge in [-0.1, -0.05) is 19.1 Å². The molecular formula is C16H17N3S. The number of aryl methyl sites for hydroxylation is 2. The molecule has 0 aliphatic rings. The standard InChI is InChI=1S/C16H17N3S/c1-3-12-5-4-8-17-14(12)10-19-15-9-11(2)6-7-13(15)18-16(19)20/h4-9H,3,10H2,1-2H3,(H,18,20). The Hall–Kier alpha value is -1.94. The predicted octanol–water partition coefficient (Wildman–Crippen LogP) is 4.01. The van der Waals surface area contributed by atoms with Crippen LogP contribution in [-0.2, 0) is 13.0 Å². The van der Waals surface area contributed by atoms with E-state index < -0.39 is 0 Å². The first kappa shape index (κ1) is 13.1. The minimum absolute atomic E-state index is 0.715. The second-order valence-corrected chi connectivity index (χ2v) is 5.39. The first-order valence-corrected chi connectivity index (χ1v) is 7.22. The highest BCUT2D eigenvalue weighted by atomic mass is 32.1. The third kappa shape index (κ3) is 2.27. The van der Waals surface area contributed by atoms with Crippen molar-refractivity contribution in [3.8, 4) is 0 Å². The van der Waals surface area contributed by atoms with Crippen LogP contribution >= 0.6 is 12.2 Å². The van der Waals surface area contributed by atoms with Gasteiger partial charge >= 0.3 is 0 Å². The van der Waals surface area contributed by atoms with E-state index in [0.717, 1.165) is 27.9 Å². The van der Waals surface area contributed by atoms with Crippen LogP contribution in [0.1, 0.15) is 23.7 Å². The maximum atomic E-state index is 5.45. The zero-order valence-corrected chi connectivity index (χ0v) is 12.5. The highest BCUT2D eigenvalue weighted by Crippen LogP contribution is 2.18. The largest absolute Gasteiger partial charge is 0.331 e. The number of pyridine rings is 1. The smallest absolute Gasteiger partial charge is 0.178 e. The second-order valence-electron chi connectivity index (χ2n) is 5.00. The Morgan fingerprint density at radius 3 is 2.95 bits per heavy atom. The SMILES string of the molecule is CCc1cccnc1Cn1c(=S)[nH]c2ccc(C)cc21. The third-order valence-electron chi connectivity index (χ3n) is 3.60. The van der Waals surface area contributed by atoms with Gasteiger partial charge in [0.1, 0.15) is 0 Å². The van der Waals surface area contributed by atoms with Crippen LogP contribution in [0.2, 0.25) is 0 Å². The first-order chi connectivity index (χ1) is 9.69. The molecule has 0 bridgehead atoms. The summed E-state index contributed by atoms with van der Waals surface area (Å²) in [7, 11) is 0. The summed E-state index contributed by atoms with van der Waals surface area (Å²) in [6.45, 7) is 4.96. The fourth-order valence-electron chi connectivity index (χ4n) is 2.51. The molecule has 0 amide bonds. The van der Waals surface area contributed by atoms with E-state index in [1.54, 1.807) is 0 Å². The number of imidazole rings is 1. The Morgan fingerprint density at radius 1 is 1.30 bits per heavy atom. The predicted molar refractivity (Wildman–Crippen MR) is 84.6 cm³/mol. The van der Waals surface area contributed by atoms with Crippen molar-refractivity contribution >= 4 is 23.3 Å². The fraction of sp³-hybridized carbons (Fsp3) is 0.250. The lowest BCUT2D eigenvalue weighted by Gasteiger charge is -2.08. The molecular weight excluding hydrogens is 266 g/mol. The third-order valence-corrected chi connectivity index (χ3v) is 3.93. The molecule has 1 aromatic carbocycles. The lowest BCUT2D eigenvalue weighted by Crippen LogP contribution is -2.05. The summed E-state index contributed by atoms with van der Waals surface area (Å²) in [6, 6.07) is 10.5. The lowest BCUT2D eigenvalue weighted by atomic mass is 10.1. The number of hydrogen-bond donors (Lipinski definition) is 1. The average Bonchev–Trinajstić information content (AvgIpc) is 2.76. The Labute approximate surface area is 123 Å². The van der Waals surface area contributed by atoms with Crippen molar-refractivity contribution in [3.63, 3.8) is 0 Å². The normalized spacial score (nSPS) is 11.1. The molecule has 0 radical (unpaired) electrons. The van der Waals surface area contributed by atoms with Crippen LogP contribution in [-0.4, -0.2) is 14.5 Å². The first-order valence-electron chi connectivity index (χ1n) is 6.81. The summed E-state index contributed by atoms with van der Waals surface area (Å²) in [5, 5.41) is 0. The van der Waals surface area contributed by atoms with E-state index in [2.05, 4.69) is 52.6 Å². The van der Waals surface area contributed by atoms with Gasteiger partial charge in [-0.05, 0) is 54.9 Å².